The number of aliphatic imine (C=N–C) groups is 2. The number of hydrogen-bond acceptors (Lipinski definition) is 4. The van der Waals surface area contributed by atoms with Crippen LogP contribution < -0.4 is 10.2 Å². The van der Waals surface area contributed by atoms with Gasteiger partial charge >= 0.3 is 16.5 Å². The van der Waals surface area contributed by atoms with Gasteiger partial charge in [0, 0.05) is 6.21 Å². The second-order valence-electron chi connectivity index (χ2n) is 9.30. The van der Waals surface area contributed by atoms with Crippen LogP contribution in [0, 0.1) is 6.92 Å². The van der Waals surface area contributed by atoms with E-state index >= 15 is 0 Å². The van der Waals surface area contributed by atoms with E-state index < -0.39 is 11.5 Å². The van der Waals surface area contributed by atoms with Crippen LogP contribution in [0.25, 0.3) is 0 Å². The fourth-order valence-corrected chi connectivity index (χ4v) is 3.89. The van der Waals surface area contributed by atoms with Crippen LogP contribution in [0.1, 0.15) is 81.7 Å². The van der Waals surface area contributed by atoms with Crippen molar-refractivity contribution in [1.29, 1.82) is 0 Å². The van der Waals surface area contributed by atoms with E-state index in [1.165, 1.54) is 28.3 Å². The van der Waals surface area contributed by atoms with E-state index in [1.54, 1.807) is 19.1 Å². The number of nitrogens with zero attached hydrogens (tertiary/aromatic N) is 2. The third-order valence-electron chi connectivity index (χ3n) is 6.31. The van der Waals surface area contributed by atoms with Crippen molar-refractivity contribution in [3.63, 3.8) is 0 Å². The zero-order chi connectivity index (χ0) is 27.2. The molecule has 0 spiro atoms. The van der Waals surface area contributed by atoms with E-state index in [9.17, 15) is 10.2 Å². The summed E-state index contributed by atoms with van der Waals surface area (Å²) in [6.45, 7) is 12.6. The van der Waals surface area contributed by atoms with Crippen molar-refractivity contribution in [1.82, 2.24) is 0 Å². The summed E-state index contributed by atoms with van der Waals surface area (Å²) in [5.74, 6) is -0.812. The standard InChI is InChI=1S/C26H36N2.C7H8O2.Ni/c1-6-11-12-24(28-26-17-22(9-4)14-23(10-5)18-26)19-27-25-15-20(7-2)13-21(8-3)16-25;1-5-3-2-4-6(8)7(5)9;/h13-19H,6-12H2,1-5H3;2-4,8-9H,1H3;/q;;+2/p-2. The first-order valence-electron chi connectivity index (χ1n) is 13.6. The van der Waals surface area contributed by atoms with Crippen LogP contribution in [-0.2, 0) is 42.2 Å². The van der Waals surface area contributed by atoms with Crippen LogP contribution in [-0.4, -0.2) is 11.9 Å². The summed E-state index contributed by atoms with van der Waals surface area (Å²) in [6.07, 6.45) is 9.39. The molecule has 5 heteroatoms. The largest absolute Gasteiger partial charge is 2.00 e. The van der Waals surface area contributed by atoms with E-state index in [1.807, 2.05) is 6.21 Å². The monoisotopic (exact) mass is 556 g/mol. The van der Waals surface area contributed by atoms with Crippen molar-refractivity contribution in [3.8, 4) is 11.5 Å². The van der Waals surface area contributed by atoms with Gasteiger partial charge in [-0.25, -0.2) is 0 Å². The molecule has 3 aromatic carbocycles. The van der Waals surface area contributed by atoms with E-state index in [4.69, 9.17) is 9.98 Å². The molecule has 0 saturated heterocycles. The van der Waals surface area contributed by atoms with Gasteiger partial charge in [0.1, 0.15) is 0 Å². The maximum Gasteiger partial charge on any atom is 2.00 e. The first-order chi connectivity index (χ1) is 17.8. The molecule has 0 fully saturated rings. The van der Waals surface area contributed by atoms with Gasteiger partial charge in [0.05, 0.1) is 17.1 Å². The Morgan fingerprint density at radius 1 is 0.737 bits per heavy atom. The van der Waals surface area contributed by atoms with Gasteiger partial charge in [-0.15, -0.1) is 11.5 Å². The van der Waals surface area contributed by atoms with E-state index in [-0.39, 0.29) is 16.5 Å². The van der Waals surface area contributed by atoms with Gasteiger partial charge in [-0.3, -0.25) is 9.98 Å². The van der Waals surface area contributed by atoms with Gasteiger partial charge in [0.25, 0.3) is 0 Å². The maximum atomic E-state index is 10.7. The summed E-state index contributed by atoms with van der Waals surface area (Å²) in [5.41, 5.74) is 9.09. The first kappa shape index (κ1) is 33.1. The molecule has 0 unspecified atom stereocenters. The maximum absolute atomic E-state index is 10.7. The minimum absolute atomic E-state index is 0. The minimum Gasteiger partial charge on any atom is -0.873 e. The Hall–Kier alpha value is -2.91. The van der Waals surface area contributed by atoms with E-state index in [2.05, 4.69) is 71.0 Å². The van der Waals surface area contributed by atoms with Gasteiger partial charge in [0.15, 0.2) is 0 Å². The summed E-state index contributed by atoms with van der Waals surface area (Å²) in [6, 6.07) is 17.9. The molecular formula is C33H42N2NiO2. The number of hydrogen-bond donors (Lipinski definition) is 0. The van der Waals surface area contributed by atoms with Crippen LogP contribution in [0.4, 0.5) is 11.4 Å². The number of unbranched alkanes of at least 4 members (excludes halogenated alkanes) is 1. The Kier molecular flexibility index (Phi) is 15.3. The molecule has 0 amide bonds. The molecular weight excluding hydrogens is 515 g/mol. The molecule has 206 valence electrons. The molecule has 0 aromatic heterocycles. The van der Waals surface area contributed by atoms with Crippen LogP contribution in [0.15, 0.2) is 64.6 Å². The Bertz CT molecular complexity index is 1140. The van der Waals surface area contributed by atoms with E-state index in [0.717, 1.165) is 62.0 Å². The van der Waals surface area contributed by atoms with Crippen molar-refractivity contribution in [2.24, 2.45) is 9.98 Å². The first-order valence-corrected chi connectivity index (χ1v) is 13.6. The normalized spacial score (nSPS) is 11.2. The molecule has 0 atom stereocenters. The average molecular weight is 557 g/mol. The number of aryl methyl sites for hydroxylation is 5. The van der Waals surface area contributed by atoms with Crippen LogP contribution in [0.2, 0.25) is 0 Å². The second-order valence-corrected chi connectivity index (χ2v) is 9.30. The fourth-order valence-electron chi connectivity index (χ4n) is 3.89. The molecule has 3 rings (SSSR count). The smallest absolute Gasteiger partial charge is 0.873 e. The van der Waals surface area contributed by atoms with Gasteiger partial charge < -0.3 is 10.2 Å². The van der Waals surface area contributed by atoms with Gasteiger partial charge in [-0.2, -0.15) is 0 Å². The fraction of sp³-hybridized carbons (Fsp3) is 0.394. The summed E-state index contributed by atoms with van der Waals surface area (Å²) in [5, 5.41) is 21.2. The van der Waals surface area contributed by atoms with Gasteiger partial charge in [-0.1, -0.05) is 76.9 Å². The molecule has 0 aliphatic carbocycles. The Morgan fingerprint density at radius 3 is 1.66 bits per heavy atom. The Morgan fingerprint density at radius 2 is 1.24 bits per heavy atom. The molecule has 0 heterocycles. The van der Waals surface area contributed by atoms with Gasteiger partial charge in [-0.05, 0) is 92.0 Å². The number of benzene rings is 3. The SMILES string of the molecule is CCCCC(C=Nc1cc(CC)cc(CC)c1)=Nc1cc(CC)cc(CC)c1.Cc1cccc([O-])c1[O-].[Ni+2]. The zero-order valence-electron chi connectivity index (χ0n) is 23.8. The number of rotatable bonds is 10. The van der Waals surface area contributed by atoms with Crippen molar-refractivity contribution in [2.75, 3.05) is 0 Å². The van der Waals surface area contributed by atoms with Crippen LogP contribution in [0.5, 0.6) is 11.5 Å². The second kappa shape index (κ2) is 17.6. The molecule has 0 radical (unpaired) electrons. The molecule has 0 aliphatic heterocycles. The molecule has 0 N–H and O–H groups in total. The summed E-state index contributed by atoms with van der Waals surface area (Å²) < 4.78 is 0. The molecule has 38 heavy (non-hydrogen) atoms. The average Bonchev–Trinajstić information content (AvgIpc) is 2.92. The summed E-state index contributed by atoms with van der Waals surface area (Å²) in [7, 11) is 0. The van der Waals surface area contributed by atoms with Crippen LogP contribution >= 0.6 is 0 Å². The topological polar surface area (TPSA) is 70.8 Å². The van der Waals surface area contributed by atoms with Crippen molar-refractivity contribution in [2.45, 2.75) is 86.5 Å². The third-order valence-corrected chi connectivity index (χ3v) is 6.31. The Labute approximate surface area is 239 Å². The minimum atomic E-state index is -0.421. The summed E-state index contributed by atoms with van der Waals surface area (Å²) >= 11 is 0. The van der Waals surface area contributed by atoms with Crippen LogP contribution in [0.3, 0.4) is 0 Å². The third kappa shape index (κ3) is 10.8. The van der Waals surface area contributed by atoms with Crippen molar-refractivity contribution in [3.05, 3.63) is 82.4 Å². The molecule has 0 aliphatic rings. The molecule has 3 aromatic rings. The van der Waals surface area contributed by atoms with E-state index in [0.29, 0.717) is 5.56 Å². The molecule has 0 saturated carbocycles. The predicted octanol–water partition coefficient (Wildman–Crippen LogP) is 7.74. The quantitative estimate of drug-likeness (QED) is 0.189. The summed E-state index contributed by atoms with van der Waals surface area (Å²) in [4.78, 5) is 9.78. The van der Waals surface area contributed by atoms with Gasteiger partial charge in [0.2, 0.25) is 0 Å². The molecule has 0 bridgehead atoms. The predicted molar refractivity (Wildman–Crippen MR) is 155 cm³/mol. The zero-order valence-corrected chi connectivity index (χ0v) is 24.7. The Balaban J connectivity index is 0.000000610. The number of para-hydroxylation sites is 1. The molecule has 4 nitrogen and oxygen atoms in total. The van der Waals surface area contributed by atoms with Crippen molar-refractivity contribution < 1.29 is 26.7 Å². The van der Waals surface area contributed by atoms with Crippen molar-refractivity contribution >= 4 is 23.3 Å².